The molecular weight excluding hydrogens is 208 g/mol. The zero-order valence-electron chi connectivity index (χ0n) is 9.09. The van der Waals surface area contributed by atoms with Crippen molar-refractivity contribution in [3.05, 3.63) is 23.1 Å². The van der Waals surface area contributed by atoms with E-state index in [-0.39, 0.29) is 5.78 Å². The normalized spacial score (nSPS) is 10.0. The Kier molecular flexibility index (Phi) is 3.91. The third-order valence-electron chi connectivity index (χ3n) is 1.90. The molecule has 1 heterocycles. The Labute approximate surface area is 94.0 Å². The number of nitrogens with one attached hydrogen (secondary N) is 1. The first-order valence-corrected chi connectivity index (χ1v) is 5.67. The zero-order chi connectivity index (χ0) is 11.4. The molecule has 15 heavy (non-hydrogen) atoms. The number of nitrogens with two attached hydrogens (primary N) is 1. The molecule has 0 bridgehead atoms. The van der Waals surface area contributed by atoms with E-state index in [1.54, 1.807) is 6.07 Å². The Morgan fingerprint density at radius 1 is 1.67 bits per heavy atom. The first-order valence-electron chi connectivity index (χ1n) is 4.85. The van der Waals surface area contributed by atoms with Gasteiger partial charge in [0.05, 0.1) is 15.6 Å². The fraction of sp³-hybridized carbons (Fsp3) is 0.364. The minimum Gasteiger partial charge on any atom is -0.397 e. The van der Waals surface area contributed by atoms with Crippen molar-refractivity contribution in [2.24, 2.45) is 0 Å². The van der Waals surface area contributed by atoms with Gasteiger partial charge in [0.15, 0.2) is 5.78 Å². The second-order valence-electron chi connectivity index (χ2n) is 3.48. The van der Waals surface area contributed by atoms with Crippen LogP contribution >= 0.6 is 11.3 Å². The summed E-state index contributed by atoms with van der Waals surface area (Å²) < 4.78 is 0. The average Bonchev–Trinajstić information content (AvgIpc) is 2.55. The third-order valence-corrected chi connectivity index (χ3v) is 3.05. The van der Waals surface area contributed by atoms with Gasteiger partial charge in [0.25, 0.3) is 0 Å². The fourth-order valence-electron chi connectivity index (χ4n) is 1.11. The van der Waals surface area contributed by atoms with Gasteiger partial charge in [-0.05, 0) is 13.0 Å². The Balaban J connectivity index is 2.76. The van der Waals surface area contributed by atoms with Gasteiger partial charge in [0.1, 0.15) is 0 Å². The highest BCUT2D eigenvalue weighted by Gasteiger charge is 2.12. The largest absolute Gasteiger partial charge is 0.397 e. The Bertz CT molecular complexity index is 382. The summed E-state index contributed by atoms with van der Waals surface area (Å²) in [7, 11) is 0. The summed E-state index contributed by atoms with van der Waals surface area (Å²) >= 11 is 1.41. The van der Waals surface area contributed by atoms with Gasteiger partial charge in [-0.2, -0.15) is 0 Å². The molecule has 0 spiro atoms. The van der Waals surface area contributed by atoms with E-state index in [0.29, 0.717) is 23.5 Å². The van der Waals surface area contributed by atoms with Gasteiger partial charge in [-0.1, -0.05) is 19.1 Å². The van der Waals surface area contributed by atoms with Crippen molar-refractivity contribution < 1.29 is 4.79 Å². The Morgan fingerprint density at radius 2 is 2.33 bits per heavy atom. The molecule has 0 unspecified atom stereocenters. The Hall–Kier alpha value is -1.29. The molecule has 82 valence electrons. The lowest BCUT2D eigenvalue weighted by Crippen LogP contribution is -1.99. The van der Waals surface area contributed by atoms with Crippen LogP contribution in [0.4, 0.5) is 10.7 Å². The summed E-state index contributed by atoms with van der Waals surface area (Å²) in [5, 5.41) is 4.09. The molecule has 0 saturated carbocycles. The number of hydrogen-bond donors (Lipinski definition) is 2. The molecule has 0 amide bonds. The second-order valence-corrected chi connectivity index (χ2v) is 4.53. The van der Waals surface area contributed by atoms with Crippen LogP contribution in [0, 0.1) is 0 Å². The standard InChI is InChI=1S/C11H16N2OS/c1-4-9(14)11-8(12)5-10(15-11)13-6-7(2)3/h5,13H,2,4,6,12H2,1,3H3. The van der Waals surface area contributed by atoms with Gasteiger partial charge in [-0.25, -0.2) is 0 Å². The van der Waals surface area contributed by atoms with Crippen LogP contribution in [0.1, 0.15) is 29.9 Å². The molecule has 4 heteroatoms. The fourth-order valence-corrected chi connectivity index (χ4v) is 2.09. The lowest BCUT2D eigenvalue weighted by Gasteiger charge is -2.00. The molecular formula is C11H16N2OS. The van der Waals surface area contributed by atoms with Gasteiger partial charge >= 0.3 is 0 Å². The summed E-state index contributed by atoms with van der Waals surface area (Å²) in [4.78, 5) is 12.1. The molecule has 3 N–H and O–H groups in total. The highest BCUT2D eigenvalue weighted by molar-refractivity contribution is 7.18. The predicted molar refractivity (Wildman–Crippen MR) is 66.7 cm³/mol. The van der Waals surface area contributed by atoms with E-state index in [1.807, 2.05) is 13.8 Å². The Morgan fingerprint density at radius 3 is 2.87 bits per heavy atom. The molecule has 0 atom stereocenters. The molecule has 1 aromatic rings. The maximum absolute atomic E-state index is 11.5. The average molecular weight is 224 g/mol. The smallest absolute Gasteiger partial charge is 0.174 e. The van der Waals surface area contributed by atoms with Crippen molar-refractivity contribution in [1.29, 1.82) is 0 Å². The van der Waals surface area contributed by atoms with Crippen molar-refractivity contribution in [2.75, 3.05) is 17.6 Å². The van der Waals surface area contributed by atoms with Gasteiger partial charge in [0.2, 0.25) is 0 Å². The molecule has 0 fully saturated rings. The summed E-state index contributed by atoms with van der Waals surface area (Å²) in [6.07, 6.45) is 0.491. The summed E-state index contributed by atoms with van der Waals surface area (Å²) in [6.45, 7) is 8.28. The first kappa shape index (κ1) is 11.8. The quantitative estimate of drug-likeness (QED) is 0.597. The summed E-state index contributed by atoms with van der Waals surface area (Å²) in [5.41, 5.74) is 7.36. The minimum absolute atomic E-state index is 0.0980. The molecule has 3 nitrogen and oxygen atoms in total. The number of anilines is 2. The number of carbonyl (C=O) groups excluding carboxylic acids is 1. The van der Waals surface area contributed by atoms with E-state index >= 15 is 0 Å². The van der Waals surface area contributed by atoms with E-state index in [4.69, 9.17) is 5.73 Å². The maximum Gasteiger partial charge on any atom is 0.174 e. The lowest BCUT2D eigenvalue weighted by atomic mass is 10.2. The molecule has 0 aliphatic rings. The molecule has 0 radical (unpaired) electrons. The zero-order valence-corrected chi connectivity index (χ0v) is 9.91. The second kappa shape index (κ2) is 4.98. The van der Waals surface area contributed by atoms with Gasteiger partial charge in [0, 0.05) is 13.0 Å². The minimum atomic E-state index is 0.0980. The van der Waals surface area contributed by atoms with Crippen LogP contribution in [0.3, 0.4) is 0 Å². The molecule has 0 aliphatic heterocycles. The van der Waals surface area contributed by atoms with E-state index in [2.05, 4.69) is 11.9 Å². The van der Waals surface area contributed by atoms with Crippen LogP contribution in [0.15, 0.2) is 18.2 Å². The molecule has 0 saturated heterocycles. The highest BCUT2D eigenvalue weighted by Crippen LogP contribution is 2.30. The van der Waals surface area contributed by atoms with Gasteiger partial charge in [-0.3, -0.25) is 4.79 Å². The number of Topliss-reactive ketones (excluding diaryl/α,β-unsaturated/α-hetero) is 1. The number of ketones is 1. The predicted octanol–water partition coefficient (Wildman–Crippen LogP) is 2.91. The number of hydrogen-bond acceptors (Lipinski definition) is 4. The van der Waals surface area contributed by atoms with Crippen molar-refractivity contribution in [3.8, 4) is 0 Å². The SMILES string of the molecule is C=C(C)CNc1cc(N)c(C(=O)CC)s1. The summed E-state index contributed by atoms with van der Waals surface area (Å²) in [5.74, 6) is 0.0980. The number of carbonyl (C=O) groups is 1. The number of rotatable bonds is 5. The third kappa shape index (κ3) is 3.09. The number of thiophene rings is 1. The highest BCUT2D eigenvalue weighted by atomic mass is 32.1. The van der Waals surface area contributed by atoms with E-state index in [0.717, 1.165) is 10.6 Å². The number of nitrogen functional groups attached to an aromatic ring is 1. The van der Waals surface area contributed by atoms with E-state index in [9.17, 15) is 4.79 Å². The lowest BCUT2D eigenvalue weighted by molar-refractivity contribution is 0.0993. The van der Waals surface area contributed by atoms with Gasteiger partial charge in [-0.15, -0.1) is 11.3 Å². The van der Waals surface area contributed by atoms with Crippen LogP contribution in [0.25, 0.3) is 0 Å². The van der Waals surface area contributed by atoms with E-state index in [1.165, 1.54) is 11.3 Å². The van der Waals surface area contributed by atoms with Crippen LogP contribution in [-0.4, -0.2) is 12.3 Å². The van der Waals surface area contributed by atoms with Crippen LogP contribution in [-0.2, 0) is 0 Å². The summed E-state index contributed by atoms with van der Waals surface area (Å²) in [6, 6.07) is 1.80. The van der Waals surface area contributed by atoms with Crippen molar-refractivity contribution in [2.45, 2.75) is 20.3 Å². The van der Waals surface area contributed by atoms with Gasteiger partial charge < -0.3 is 11.1 Å². The molecule has 1 aromatic heterocycles. The molecule has 1 rings (SSSR count). The first-order chi connectivity index (χ1) is 7.04. The van der Waals surface area contributed by atoms with Crippen LogP contribution in [0.5, 0.6) is 0 Å². The van der Waals surface area contributed by atoms with Crippen LogP contribution < -0.4 is 11.1 Å². The van der Waals surface area contributed by atoms with Crippen molar-refractivity contribution >= 4 is 27.8 Å². The monoisotopic (exact) mass is 224 g/mol. The van der Waals surface area contributed by atoms with Crippen LogP contribution in [0.2, 0.25) is 0 Å². The maximum atomic E-state index is 11.5. The van der Waals surface area contributed by atoms with Crippen molar-refractivity contribution in [1.82, 2.24) is 0 Å². The van der Waals surface area contributed by atoms with E-state index < -0.39 is 0 Å². The van der Waals surface area contributed by atoms with Crippen molar-refractivity contribution in [3.63, 3.8) is 0 Å². The molecule has 0 aliphatic carbocycles. The topological polar surface area (TPSA) is 55.1 Å². The molecule has 0 aromatic carbocycles.